The zero-order valence-electron chi connectivity index (χ0n) is 7.52. The summed E-state index contributed by atoms with van der Waals surface area (Å²) in [7, 11) is 0. The predicted molar refractivity (Wildman–Crippen MR) is 48.8 cm³/mol. The molecule has 0 aromatic rings. The van der Waals surface area contributed by atoms with Crippen LogP contribution in [0, 0.1) is 12.3 Å². The molecule has 0 bridgehead atoms. The van der Waals surface area contributed by atoms with E-state index in [2.05, 4.69) is 5.92 Å². The minimum atomic E-state index is -0.339. The van der Waals surface area contributed by atoms with Crippen LogP contribution in [-0.4, -0.2) is 17.1 Å². The van der Waals surface area contributed by atoms with Crippen LogP contribution in [-0.2, 0) is 4.74 Å². The van der Waals surface area contributed by atoms with E-state index in [-0.39, 0.29) is 17.1 Å². The molecular weight excluding hydrogens is 160 g/mol. The topological polar surface area (TPSA) is 9.23 Å². The number of hydrogen-bond acceptors (Lipinski definition) is 1. The molecule has 2 heteroatoms. The minimum absolute atomic E-state index is 0.0957. The van der Waals surface area contributed by atoms with E-state index in [9.17, 15) is 0 Å². The molecule has 0 aromatic heterocycles. The van der Waals surface area contributed by atoms with Crippen LogP contribution in [0.1, 0.15) is 27.7 Å². The SMILES string of the molecule is C#CC(Cl)C(C)OC(C)(C)C. The van der Waals surface area contributed by atoms with Gasteiger partial charge < -0.3 is 4.74 Å². The van der Waals surface area contributed by atoms with Crippen LogP contribution in [0.4, 0.5) is 0 Å². The summed E-state index contributed by atoms with van der Waals surface area (Å²) in [6.07, 6.45) is 5.03. The van der Waals surface area contributed by atoms with Crippen molar-refractivity contribution >= 4 is 11.6 Å². The van der Waals surface area contributed by atoms with Gasteiger partial charge in [0.1, 0.15) is 5.38 Å². The number of rotatable bonds is 2. The van der Waals surface area contributed by atoms with Crippen molar-refractivity contribution in [2.24, 2.45) is 0 Å². The van der Waals surface area contributed by atoms with E-state index in [1.54, 1.807) is 0 Å². The summed E-state index contributed by atoms with van der Waals surface area (Å²) in [4.78, 5) is 0. The Morgan fingerprint density at radius 1 is 1.45 bits per heavy atom. The molecule has 0 aliphatic rings. The maximum absolute atomic E-state index is 5.76. The van der Waals surface area contributed by atoms with Gasteiger partial charge in [0, 0.05) is 0 Å². The Hall–Kier alpha value is -0.190. The Bertz CT molecular complexity index is 152. The molecule has 0 aliphatic carbocycles. The summed E-state index contributed by atoms with van der Waals surface area (Å²) < 4.78 is 5.52. The normalized spacial score (nSPS) is 17.1. The zero-order valence-corrected chi connectivity index (χ0v) is 8.27. The van der Waals surface area contributed by atoms with Gasteiger partial charge in [-0.05, 0) is 27.7 Å². The predicted octanol–water partition coefficient (Wildman–Crippen LogP) is 2.43. The first-order chi connectivity index (χ1) is 4.87. The third kappa shape index (κ3) is 5.12. The first-order valence-electron chi connectivity index (χ1n) is 3.65. The average molecular weight is 175 g/mol. The van der Waals surface area contributed by atoms with Crippen molar-refractivity contribution in [2.75, 3.05) is 0 Å². The Labute approximate surface area is 74.1 Å². The maximum Gasteiger partial charge on any atom is 0.120 e. The highest BCUT2D eigenvalue weighted by atomic mass is 35.5. The highest BCUT2D eigenvalue weighted by Gasteiger charge is 2.19. The molecule has 0 amide bonds. The molecule has 0 spiro atoms. The van der Waals surface area contributed by atoms with Gasteiger partial charge in [0.2, 0.25) is 0 Å². The number of ether oxygens (including phenoxy) is 1. The minimum Gasteiger partial charge on any atom is -0.370 e. The summed E-state index contributed by atoms with van der Waals surface area (Å²) in [5.41, 5.74) is -0.177. The lowest BCUT2D eigenvalue weighted by Crippen LogP contribution is -2.30. The second-order valence-corrected chi connectivity index (χ2v) is 3.97. The molecule has 2 unspecified atom stereocenters. The van der Waals surface area contributed by atoms with Crippen molar-refractivity contribution < 1.29 is 4.74 Å². The van der Waals surface area contributed by atoms with Crippen LogP contribution in [0.15, 0.2) is 0 Å². The summed E-state index contributed by atoms with van der Waals surface area (Å²) in [5.74, 6) is 2.43. The molecular formula is C9H15ClO. The van der Waals surface area contributed by atoms with Crippen LogP contribution in [0.25, 0.3) is 0 Å². The fourth-order valence-corrected chi connectivity index (χ4v) is 0.804. The van der Waals surface area contributed by atoms with E-state index in [4.69, 9.17) is 22.8 Å². The molecule has 0 saturated carbocycles. The standard InChI is InChI=1S/C9H15ClO/c1-6-8(10)7(2)11-9(3,4)5/h1,7-8H,2-5H3. The fraction of sp³-hybridized carbons (Fsp3) is 0.778. The van der Waals surface area contributed by atoms with Crippen molar-refractivity contribution in [1.82, 2.24) is 0 Å². The summed E-state index contributed by atoms with van der Waals surface area (Å²) in [6.45, 7) is 7.81. The third-order valence-corrected chi connectivity index (χ3v) is 1.59. The lowest BCUT2D eigenvalue weighted by molar-refractivity contribution is -0.0470. The summed E-state index contributed by atoms with van der Waals surface area (Å²) in [5, 5.41) is -0.339. The van der Waals surface area contributed by atoms with E-state index in [0.29, 0.717) is 0 Å². The molecule has 1 nitrogen and oxygen atoms in total. The zero-order chi connectivity index (χ0) is 9.07. The van der Waals surface area contributed by atoms with E-state index in [0.717, 1.165) is 0 Å². The van der Waals surface area contributed by atoms with Gasteiger partial charge in [-0.1, -0.05) is 5.92 Å². The number of hydrogen-bond donors (Lipinski definition) is 0. The van der Waals surface area contributed by atoms with E-state index < -0.39 is 0 Å². The average Bonchev–Trinajstić information content (AvgIpc) is 1.82. The van der Waals surface area contributed by atoms with Gasteiger partial charge in [0.15, 0.2) is 0 Å². The molecule has 0 fully saturated rings. The van der Waals surface area contributed by atoms with E-state index >= 15 is 0 Å². The maximum atomic E-state index is 5.76. The first-order valence-corrected chi connectivity index (χ1v) is 4.08. The van der Waals surface area contributed by atoms with Crippen LogP contribution in [0.2, 0.25) is 0 Å². The van der Waals surface area contributed by atoms with Crippen LogP contribution in [0.3, 0.4) is 0 Å². The second-order valence-electron chi connectivity index (χ2n) is 3.50. The third-order valence-electron chi connectivity index (χ3n) is 1.11. The lowest BCUT2D eigenvalue weighted by Gasteiger charge is -2.25. The van der Waals surface area contributed by atoms with Crippen LogP contribution in [0.5, 0.6) is 0 Å². The largest absolute Gasteiger partial charge is 0.370 e. The Morgan fingerprint density at radius 2 is 1.91 bits per heavy atom. The molecule has 64 valence electrons. The first kappa shape index (κ1) is 10.8. The van der Waals surface area contributed by atoms with Crippen molar-refractivity contribution in [3.63, 3.8) is 0 Å². The molecule has 0 rings (SSSR count). The van der Waals surface area contributed by atoms with E-state index in [1.807, 2.05) is 27.7 Å². The molecule has 0 saturated heterocycles. The Kier molecular flexibility index (Phi) is 3.92. The Morgan fingerprint density at radius 3 is 2.18 bits per heavy atom. The Balaban J connectivity index is 3.90. The second kappa shape index (κ2) is 3.99. The molecule has 0 aliphatic heterocycles. The highest BCUT2D eigenvalue weighted by molar-refractivity contribution is 6.22. The van der Waals surface area contributed by atoms with Crippen LogP contribution < -0.4 is 0 Å². The van der Waals surface area contributed by atoms with Gasteiger partial charge in [0.25, 0.3) is 0 Å². The highest BCUT2D eigenvalue weighted by Crippen LogP contribution is 2.15. The van der Waals surface area contributed by atoms with Gasteiger partial charge in [-0.2, -0.15) is 0 Å². The smallest absolute Gasteiger partial charge is 0.120 e. The van der Waals surface area contributed by atoms with Gasteiger partial charge in [-0.15, -0.1) is 18.0 Å². The fourth-order valence-electron chi connectivity index (χ4n) is 0.753. The van der Waals surface area contributed by atoms with Gasteiger partial charge in [-0.25, -0.2) is 0 Å². The van der Waals surface area contributed by atoms with Gasteiger partial charge in [0.05, 0.1) is 11.7 Å². The van der Waals surface area contributed by atoms with Crippen molar-refractivity contribution in [3.8, 4) is 12.3 Å². The number of alkyl halides is 1. The molecule has 0 radical (unpaired) electrons. The molecule has 2 atom stereocenters. The summed E-state index contributed by atoms with van der Waals surface area (Å²) >= 11 is 5.76. The molecule has 0 N–H and O–H groups in total. The van der Waals surface area contributed by atoms with Crippen molar-refractivity contribution in [2.45, 2.75) is 44.8 Å². The number of halogens is 1. The quantitative estimate of drug-likeness (QED) is 0.462. The summed E-state index contributed by atoms with van der Waals surface area (Å²) in [6, 6.07) is 0. The van der Waals surface area contributed by atoms with Crippen molar-refractivity contribution in [3.05, 3.63) is 0 Å². The lowest BCUT2D eigenvalue weighted by atomic mass is 10.1. The molecule has 0 heterocycles. The van der Waals surface area contributed by atoms with Gasteiger partial charge >= 0.3 is 0 Å². The molecule has 11 heavy (non-hydrogen) atoms. The number of terminal acetylenes is 1. The van der Waals surface area contributed by atoms with Crippen LogP contribution >= 0.6 is 11.6 Å². The molecule has 0 aromatic carbocycles. The van der Waals surface area contributed by atoms with Gasteiger partial charge in [-0.3, -0.25) is 0 Å². The van der Waals surface area contributed by atoms with E-state index in [1.165, 1.54) is 0 Å². The van der Waals surface area contributed by atoms with Crippen molar-refractivity contribution in [1.29, 1.82) is 0 Å². The monoisotopic (exact) mass is 174 g/mol.